The fraction of sp³-hybridized carbons (Fsp3) is 0.320. The van der Waals surface area contributed by atoms with Gasteiger partial charge in [-0.15, -0.1) is 11.8 Å². The first-order valence-corrected chi connectivity index (χ1v) is 14.8. The van der Waals surface area contributed by atoms with Crippen molar-refractivity contribution in [3.05, 3.63) is 72.1 Å². The third-order valence-corrected chi connectivity index (χ3v) is 12.7. The number of halogens is 1. The molecular weight excluding hydrogens is 498 g/mol. The largest absolute Gasteiger partial charge is 0.404 e. The first kappa shape index (κ1) is 24.3. The van der Waals surface area contributed by atoms with E-state index in [1.54, 1.807) is 18.1 Å². The van der Waals surface area contributed by atoms with Crippen LogP contribution in [0.5, 0.6) is 0 Å². The van der Waals surface area contributed by atoms with Gasteiger partial charge in [-0.25, -0.2) is 4.98 Å². The highest BCUT2D eigenvalue weighted by Gasteiger charge is 2.50. The summed E-state index contributed by atoms with van der Waals surface area (Å²) in [6.07, 6.45) is 1.43. The summed E-state index contributed by atoms with van der Waals surface area (Å²) in [5.41, 5.74) is 6.77. The van der Waals surface area contributed by atoms with E-state index in [0.29, 0.717) is 17.8 Å². The molecule has 2 N–H and O–H groups in total. The molecule has 0 spiro atoms. The number of imidazole rings is 1. The number of nitrogen functional groups attached to an aromatic ring is 1. The maximum atomic E-state index is 7.04. The normalized spacial score (nSPS) is 18.9. The summed E-state index contributed by atoms with van der Waals surface area (Å²) < 4.78 is 15.3. The number of thioether (sulfide) groups is 1. The lowest BCUT2D eigenvalue weighted by molar-refractivity contribution is 0.00101. The molecule has 0 radical (unpaired) electrons. The molecule has 35 heavy (non-hydrogen) atoms. The van der Waals surface area contributed by atoms with Crippen LogP contribution in [0.3, 0.4) is 0 Å². The number of hydrogen-bond donors (Lipinski definition) is 1. The van der Waals surface area contributed by atoms with Gasteiger partial charge in [-0.2, -0.15) is 9.97 Å². The van der Waals surface area contributed by atoms with Crippen LogP contribution in [-0.2, 0) is 9.16 Å². The van der Waals surface area contributed by atoms with Crippen LogP contribution in [-0.4, -0.2) is 45.6 Å². The van der Waals surface area contributed by atoms with Gasteiger partial charge in [0, 0.05) is 5.75 Å². The molecule has 1 aliphatic rings. The molecule has 1 saturated heterocycles. The summed E-state index contributed by atoms with van der Waals surface area (Å²) in [6, 6.07) is 21.3. The van der Waals surface area contributed by atoms with Crippen molar-refractivity contribution in [2.45, 2.75) is 37.5 Å². The Kier molecular flexibility index (Phi) is 6.62. The van der Waals surface area contributed by atoms with E-state index in [9.17, 15) is 0 Å². The van der Waals surface area contributed by atoms with Gasteiger partial charge in [-0.1, -0.05) is 93.0 Å². The maximum absolute atomic E-state index is 7.04. The van der Waals surface area contributed by atoms with Crippen LogP contribution < -0.4 is 16.1 Å². The van der Waals surface area contributed by atoms with Gasteiger partial charge >= 0.3 is 0 Å². The Morgan fingerprint density at radius 2 is 1.71 bits per heavy atom. The molecule has 0 bridgehead atoms. The van der Waals surface area contributed by atoms with E-state index < -0.39 is 8.32 Å². The maximum Gasteiger partial charge on any atom is 0.261 e. The summed E-state index contributed by atoms with van der Waals surface area (Å²) in [4.78, 5) is 12.7. The van der Waals surface area contributed by atoms with Crippen molar-refractivity contribution in [1.29, 1.82) is 0 Å². The average molecular weight is 526 g/mol. The van der Waals surface area contributed by atoms with Gasteiger partial charge in [0.05, 0.1) is 12.9 Å². The first-order chi connectivity index (χ1) is 16.8. The Morgan fingerprint density at radius 3 is 2.31 bits per heavy atom. The third kappa shape index (κ3) is 4.47. The second-order valence-corrected chi connectivity index (χ2v) is 15.4. The van der Waals surface area contributed by atoms with Crippen molar-refractivity contribution in [2.24, 2.45) is 0 Å². The number of anilines is 1. The van der Waals surface area contributed by atoms with E-state index in [-0.39, 0.29) is 27.8 Å². The zero-order chi connectivity index (χ0) is 24.6. The number of benzene rings is 2. The lowest BCUT2D eigenvalue weighted by atomic mass is 10.2. The van der Waals surface area contributed by atoms with Crippen molar-refractivity contribution < 1.29 is 9.16 Å². The molecule has 0 unspecified atom stereocenters. The van der Waals surface area contributed by atoms with Crippen molar-refractivity contribution in [1.82, 2.24) is 19.5 Å². The van der Waals surface area contributed by atoms with Crippen LogP contribution in [0.15, 0.2) is 67.0 Å². The fourth-order valence-electron chi connectivity index (χ4n) is 4.74. The summed E-state index contributed by atoms with van der Waals surface area (Å²) in [5.74, 6) is 0.850. The number of nitrogens with two attached hydrogens (primary N) is 1. The number of nitrogens with zero attached hydrogens (tertiary/aromatic N) is 4. The highest BCUT2D eigenvalue weighted by Crippen LogP contribution is 2.39. The number of aromatic nitrogens is 4. The highest BCUT2D eigenvalue weighted by atomic mass is 35.5. The summed E-state index contributed by atoms with van der Waals surface area (Å²) in [7, 11) is -2.63. The second-order valence-electron chi connectivity index (χ2n) is 9.52. The molecule has 7 nitrogen and oxygen atoms in total. The van der Waals surface area contributed by atoms with Crippen LogP contribution in [0.2, 0.25) is 10.2 Å². The van der Waals surface area contributed by atoms with Gasteiger partial charge in [0.2, 0.25) is 5.95 Å². The molecular formula is C25H28ClN5O2SSi. The molecule has 0 saturated carbocycles. The molecule has 1 aliphatic heterocycles. The molecule has 1 fully saturated rings. The van der Waals surface area contributed by atoms with Crippen LogP contribution in [0.4, 0.5) is 5.95 Å². The summed E-state index contributed by atoms with van der Waals surface area (Å²) in [5, 5.41) is 2.65. The van der Waals surface area contributed by atoms with Gasteiger partial charge in [0.25, 0.3) is 8.32 Å². The van der Waals surface area contributed by atoms with Gasteiger partial charge in [-0.05, 0) is 15.4 Å². The molecule has 4 aromatic rings. The summed E-state index contributed by atoms with van der Waals surface area (Å²) >= 11 is 7.93. The number of rotatable bonds is 6. The molecule has 2 aromatic carbocycles. The number of hydrogen-bond acceptors (Lipinski definition) is 7. The van der Waals surface area contributed by atoms with Crippen LogP contribution in [0.1, 0.15) is 27.0 Å². The Hall–Kier alpha value is -2.43. The van der Waals surface area contributed by atoms with Crippen LogP contribution in [0.25, 0.3) is 11.2 Å². The van der Waals surface area contributed by atoms with Gasteiger partial charge in [0.1, 0.15) is 17.2 Å². The zero-order valence-corrected chi connectivity index (χ0v) is 22.5. The zero-order valence-electron chi connectivity index (χ0n) is 19.9. The van der Waals surface area contributed by atoms with Crippen molar-refractivity contribution >= 4 is 59.2 Å². The predicted molar refractivity (Wildman–Crippen MR) is 145 cm³/mol. The molecule has 0 aliphatic carbocycles. The Morgan fingerprint density at radius 1 is 1.09 bits per heavy atom. The minimum absolute atomic E-state index is 0.0931. The van der Waals surface area contributed by atoms with Gasteiger partial charge in [-0.3, -0.25) is 4.57 Å². The fourth-order valence-corrected chi connectivity index (χ4v) is 10.6. The molecule has 5 rings (SSSR count). The first-order valence-electron chi connectivity index (χ1n) is 11.5. The minimum atomic E-state index is -2.63. The lowest BCUT2D eigenvalue weighted by Gasteiger charge is -2.43. The lowest BCUT2D eigenvalue weighted by Crippen LogP contribution is -2.67. The minimum Gasteiger partial charge on any atom is -0.404 e. The van der Waals surface area contributed by atoms with Crippen molar-refractivity contribution in [2.75, 3.05) is 18.1 Å². The second kappa shape index (κ2) is 9.55. The number of ether oxygens (including phenoxy) is 1. The van der Waals surface area contributed by atoms with Crippen molar-refractivity contribution in [3.8, 4) is 0 Å². The highest BCUT2D eigenvalue weighted by molar-refractivity contribution is 8.00. The molecule has 2 aromatic heterocycles. The Balaban J connectivity index is 1.42. The standard InChI is InChI=1S/C25H28ClN5O2SSi/c1-25(2,3)35(17-10-6-4-7-11-17,18-12-8-5-9-13-18)32-14-20-33-19(15-34-20)31-16-28-21-22(26)29-24(27)30-23(21)31/h4-13,16,19-20H,14-15H2,1-3H3,(H2,27,29,30)/t19-,20+/m0/s1. The molecule has 0 amide bonds. The van der Waals surface area contributed by atoms with Crippen LogP contribution >= 0.6 is 23.4 Å². The van der Waals surface area contributed by atoms with E-state index in [4.69, 9.17) is 26.5 Å². The SMILES string of the molecule is CC(C)(C)[Si](OC[C@@H]1O[C@H](n2cnc3c(Cl)nc(N)nc32)CS1)(c1ccccc1)c1ccccc1. The predicted octanol–water partition coefficient (Wildman–Crippen LogP) is 4.23. The molecule has 10 heteroatoms. The van der Waals surface area contributed by atoms with Crippen molar-refractivity contribution in [3.63, 3.8) is 0 Å². The molecule has 3 heterocycles. The van der Waals surface area contributed by atoms with E-state index >= 15 is 0 Å². The van der Waals surface area contributed by atoms with Crippen LogP contribution in [0, 0.1) is 0 Å². The molecule has 2 atom stereocenters. The van der Waals surface area contributed by atoms with Gasteiger partial charge in [0.15, 0.2) is 10.8 Å². The summed E-state index contributed by atoms with van der Waals surface area (Å²) in [6.45, 7) is 7.29. The third-order valence-electron chi connectivity index (χ3n) is 6.29. The Labute approximate surface area is 215 Å². The van der Waals surface area contributed by atoms with Gasteiger partial charge < -0.3 is 14.9 Å². The molecule has 182 valence electrons. The van der Waals surface area contributed by atoms with E-state index in [1.807, 2.05) is 4.57 Å². The van der Waals surface area contributed by atoms with E-state index in [0.717, 1.165) is 5.75 Å². The smallest absolute Gasteiger partial charge is 0.261 e. The average Bonchev–Trinajstić information content (AvgIpc) is 3.47. The number of fused-ring (bicyclic) bond motifs is 1. The monoisotopic (exact) mass is 525 g/mol. The topological polar surface area (TPSA) is 88.1 Å². The van der Waals surface area contributed by atoms with E-state index in [1.165, 1.54) is 10.4 Å². The van der Waals surface area contributed by atoms with E-state index in [2.05, 4.69) is 96.4 Å². The Bertz CT molecular complexity index is 1280. The quantitative estimate of drug-likeness (QED) is 0.298.